The second-order valence-corrected chi connectivity index (χ2v) is 6.06. The van der Waals surface area contributed by atoms with Crippen LogP contribution in [0.4, 0.5) is 0 Å². The van der Waals surface area contributed by atoms with E-state index in [4.69, 9.17) is 4.52 Å². The van der Waals surface area contributed by atoms with Crippen molar-refractivity contribution < 1.29 is 4.52 Å². The van der Waals surface area contributed by atoms with Gasteiger partial charge in [0.05, 0.1) is 12.2 Å². The lowest BCUT2D eigenvalue weighted by Gasteiger charge is -2.31. The fourth-order valence-electron chi connectivity index (χ4n) is 2.62. The van der Waals surface area contributed by atoms with Gasteiger partial charge >= 0.3 is 0 Å². The Hall–Kier alpha value is -0.870. The zero-order valence-electron chi connectivity index (χ0n) is 11.9. The summed E-state index contributed by atoms with van der Waals surface area (Å²) < 4.78 is 5.45. The highest BCUT2D eigenvalue weighted by Gasteiger charge is 2.22. The molecule has 1 heterocycles. The highest BCUT2D eigenvalue weighted by Crippen LogP contribution is 2.27. The van der Waals surface area contributed by atoms with E-state index in [1.165, 1.54) is 38.6 Å². The maximum Gasteiger partial charge on any atom is 0.151 e. The number of hydrogen-bond acceptors (Lipinski definition) is 4. The molecule has 0 atom stereocenters. The minimum absolute atomic E-state index is 0.728. The SMILES string of the molecule is CCN(Cc1cc(CNC2CC2)no1)CC1CCC1. The number of rotatable bonds is 8. The first-order chi connectivity index (χ1) is 9.33. The summed E-state index contributed by atoms with van der Waals surface area (Å²) in [6, 6.07) is 2.84. The Morgan fingerprint density at radius 1 is 1.37 bits per heavy atom. The van der Waals surface area contributed by atoms with Crippen LogP contribution < -0.4 is 5.32 Å². The molecule has 0 radical (unpaired) electrons. The van der Waals surface area contributed by atoms with Crippen molar-refractivity contribution >= 4 is 0 Å². The number of nitrogens with zero attached hydrogens (tertiary/aromatic N) is 2. The van der Waals surface area contributed by atoms with Crippen LogP contribution in [-0.2, 0) is 13.1 Å². The molecule has 2 saturated carbocycles. The molecule has 1 aromatic rings. The van der Waals surface area contributed by atoms with Crippen LogP contribution >= 0.6 is 0 Å². The van der Waals surface area contributed by atoms with Gasteiger partial charge < -0.3 is 9.84 Å². The Bertz CT molecular complexity index is 396. The molecule has 0 bridgehead atoms. The quantitative estimate of drug-likeness (QED) is 0.782. The van der Waals surface area contributed by atoms with Gasteiger partial charge in [-0.15, -0.1) is 0 Å². The van der Waals surface area contributed by atoms with Crippen molar-refractivity contribution in [3.8, 4) is 0 Å². The molecule has 19 heavy (non-hydrogen) atoms. The lowest BCUT2D eigenvalue weighted by Crippen LogP contribution is -2.31. The van der Waals surface area contributed by atoms with Gasteiger partial charge in [-0.2, -0.15) is 0 Å². The van der Waals surface area contributed by atoms with E-state index < -0.39 is 0 Å². The van der Waals surface area contributed by atoms with E-state index in [9.17, 15) is 0 Å². The first kappa shape index (κ1) is 13.1. The summed E-state index contributed by atoms with van der Waals surface area (Å²) in [5.74, 6) is 1.92. The summed E-state index contributed by atoms with van der Waals surface area (Å²) in [5, 5.41) is 7.62. The summed E-state index contributed by atoms with van der Waals surface area (Å²) >= 11 is 0. The van der Waals surface area contributed by atoms with Crippen molar-refractivity contribution in [3.05, 3.63) is 17.5 Å². The molecule has 106 valence electrons. The maximum atomic E-state index is 5.45. The van der Waals surface area contributed by atoms with Crippen molar-refractivity contribution in [2.24, 2.45) is 5.92 Å². The normalized spacial score (nSPS) is 19.9. The standard InChI is InChI=1S/C15H25N3O/c1-2-18(10-12-4-3-5-12)11-15-8-14(17-19-15)9-16-13-6-7-13/h8,12-13,16H,2-7,9-11H2,1H3. The van der Waals surface area contributed by atoms with E-state index in [1.54, 1.807) is 0 Å². The Morgan fingerprint density at radius 2 is 2.21 bits per heavy atom. The van der Waals surface area contributed by atoms with Crippen LogP contribution in [0.2, 0.25) is 0 Å². The zero-order chi connectivity index (χ0) is 13.1. The largest absolute Gasteiger partial charge is 0.360 e. The van der Waals surface area contributed by atoms with Crippen LogP contribution in [0.1, 0.15) is 50.5 Å². The van der Waals surface area contributed by atoms with Gasteiger partial charge in [-0.05, 0) is 38.1 Å². The van der Waals surface area contributed by atoms with Crippen LogP contribution in [0.5, 0.6) is 0 Å². The molecule has 4 nitrogen and oxygen atoms in total. The Kier molecular flexibility index (Phi) is 4.18. The van der Waals surface area contributed by atoms with Crippen LogP contribution in [0.15, 0.2) is 10.6 Å². The monoisotopic (exact) mass is 263 g/mol. The first-order valence-corrected chi connectivity index (χ1v) is 7.73. The molecular formula is C15H25N3O. The molecular weight excluding hydrogens is 238 g/mol. The molecule has 2 aliphatic carbocycles. The summed E-state index contributed by atoms with van der Waals surface area (Å²) in [6.45, 7) is 6.29. The highest BCUT2D eigenvalue weighted by atomic mass is 16.5. The molecule has 1 N–H and O–H groups in total. The third-order valence-corrected chi connectivity index (χ3v) is 4.32. The van der Waals surface area contributed by atoms with E-state index >= 15 is 0 Å². The summed E-state index contributed by atoms with van der Waals surface area (Å²) in [4.78, 5) is 2.47. The van der Waals surface area contributed by atoms with E-state index in [2.05, 4.69) is 28.4 Å². The number of aromatic nitrogens is 1. The highest BCUT2D eigenvalue weighted by molar-refractivity contribution is 5.05. The third-order valence-electron chi connectivity index (χ3n) is 4.32. The van der Waals surface area contributed by atoms with Crippen LogP contribution in [-0.4, -0.2) is 29.2 Å². The van der Waals surface area contributed by atoms with Gasteiger partial charge in [-0.1, -0.05) is 18.5 Å². The second-order valence-electron chi connectivity index (χ2n) is 6.06. The van der Waals surface area contributed by atoms with E-state index in [0.29, 0.717) is 0 Å². The molecule has 2 fully saturated rings. The zero-order valence-corrected chi connectivity index (χ0v) is 11.9. The molecule has 0 unspecified atom stereocenters. The van der Waals surface area contributed by atoms with E-state index in [1.807, 2.05) is 0 Å². The predicted molar refractivity (Wildman–Crippen MR) is 74.7 cm³/mol. The van der Waals surface area contributed by atoms with Gasteiger partial charge in [0.2, 0.25) is 0 Å². The molecule has 1 aromatic heterocycles. The first-order valence-electron chi connectivity index (χ1n) is 7.73. The second kappa shape index (κ2) is 6.06. The fraction of sp³-hybridized carbons (Fsp3) is 0.800. The van der Waals surface area contributed by atoms with Crippen molar-refractivity contribution in [1.82, 2.24) is 15.4 Å². The molecule has 3 rings (SSSR count). The molecule has 0 amide bonds. The Balaban J connectivity index is 1.46. The maximum absolute atomic E-state index is 5.45. The van der Waals surface area contributed by atoms with Gasteiger partial charge in [-0.25, -0.2) is 0 Å². The molecule has 0 aliphatic heterocycles. The number of hydrogen-bond donors (Lipinski definition) is 1. The summed E-state index contributed by atoms with van der Waals surface area (Å²) in [7, 11) is 0. The Morgan fingerprint density at radius 3 is 2.84 bits per heavy atom. The van der Waals surface area contributed by atoms with Crippen molar-refractivity contribution in [3.63, 3.8) is 0 Å². The van der Waals surface area contributed by atoms with E-state index in [-0.39, 0.29) is 0 Å². The lowest BCUT2D eigenvalue weighted by molar-refractivity contribution is 0.164. The van der Waals surface area contributed by atoms with Crippen molar-refractivity contribution in [1.29, 1.82) is 0 Å². The van der Waals surface area contributed by atoms with Crippen molar-refractivity contribution in [2.45, 2.75) is 58.2 Å². The molecule has 0 spiro atoms. The summed E-state index contributed by atoms with van der Waals surface area (Å²) in [6.07, 6.45) is 6.86. The predicted octanol–water partition coefficient (Wildman–Crippen LogP) is 2.55. The molecule has 4 heteroatoms. The molecule has 0 saturated heterocycles. The summed E-state index contributed by atoms with van der Waals surface area (Å²) in [5.41, 5.74) is 1.04. The van der Waals surface area contributed by atoms with Crippen LogP contribution in [0.25, 0.3) is 0 Å². The smallest absolute Gasteiger partial charge is 0.151 e. The van der Waals surface area contributed by atoms with Gasteiger partial charge in [-0.3, -0.25) is 4.90 Å². The van der Waals surface area contributed by atoms with Gasteiger partial charge in [0.25, 0.3) is 0 Å². The molecule has 2 aliphatic rings. The van der Waals surface area contributed by atoms with Crippen molar-refractivity contribution in [2.75, 3.05) is 13.1 Å². The Labute approximate surface area is 115 Å². The van der Waals surface area contributed by atoms with Crippen LogP contribution in [0.3, 0.4) is 0 Å². The number of nitrogens with one attached hydrogen (secondary N) is 1. The van der Waals surface area contributed by atoms with E-state index in [0.717, 1.165) is 43.0 Å². The van der Waals surface area contributed by atoms with Gasteiger partial charge in [0.1, 0.15) is 0 Å². The minimum atomic E-state index is 0.728. The average molecular weight is 263 g/mol. The molecule has 0 aromatic carbocycles. The van der Waals surface area contributed by atoms with Gasteiger partial charge in [0.15, 0.2) is 5.76 Å². The van der Waals surface area contributed by atoms with Crippen LogP contribution in [0, 0.1) is 5.92 Å². The minimum Gasteiger partial charge on any atom is -0.360 e. The fourth-order valence-corrected chi connectivity index (χ4v) is 2.62. The lowest BCUT2D eigenvalue weighted by atomic mass is 9.85. The topological polar surface area (TPSA) is 41.3 Å². The average Bonchev–Trinajstić information content (AvgIpc) is 3.09. The van der Waals surface area contributed by atoms with Gasteiger partial charge in [0, 0.05) is 25.2 Å². The third kappa shape index (κ3) is 3.80.